The van der Waals surface area contributed by atoms with Gasteiger partial charge in [0.25, 0.3) is 0 Å². The van der Waals surface area contributed by atoms with Gasteiger partial charge in [-0.25, -0.2) is 4.39 Å². The lowest BCUT2D eigenvalue weighted by Gasteiger charge is -2.08. The standard InChI is InChI=1S/C25H49FO9/c1-2-3-4-5-6-7-8-25(27)35-24-23-34-22-21-33-20-19-32-18-17-31-16-15-30-14-13-29-12-11-28-10-9-26/h2-24H2,1H3. The first kappa shape index (κ1) is 34.1. The van der Waals surface area contributed by atoms with E-state index in [1.807, 2.05) is 0 Å². The summed E-state index contributed by atoms with van der Waals surface area (Å²) in [5.41, 5.74) is 0. The van der Waals surface area contributed by atoms with Gasteiger partial charge in [-0.1, -0.05) is 39.0 Å². The Morgan fingerprint density at radius 2 is 0.829 bits per heavy atom. The maximum absolute atomic E-state index is 11.8. The number of esters is 1. The van der Waals surface area contributed by atoms with Crippen molar-refractivity contribution in [3.05, 3.63) is 0 Å². The van der Waals surface area contributed by atoms with E-state index in [-0.39, 0.29) is 19.2 Å². The fourth-order valence-corrected chi connectivity index (χ4v) is 2.81. The summed E-state index contributed by atoms with van der Waals surface area (Å²) in [6.07, 6.45) is 7.43. The van der Waals surface area contributed by atoms with Crippen molar-refractivity contribution in [3.8, 4) is 0 Å². The van der Waals surface area contributed by atoms with Gasteiger partial charge in [0.05, 0.1) is 92.5 Å². The molecule has 0 aliphatic rings. The second-order valence-corrected chi connectivity index (χ2v) is 7.71. The third-order valence-electron chi connectivity index (χ3n) is 4.68. The highest BCUT2D eigenvalue weighted by Gasteiger charge is 2.02. The summed E-state index contributed by atoms with van der Waals surface area (Å²) in [5.74, 6) is -0.145. The molecule has 0 rings (SSSR count). The summed E-state index contributed by atoms with van der Waals surface area (Å²) in [5, 5.41) is 0. The van der Waals surface area contributed by atoms with Crippen LogP contribution in [0.15, 0.2) is 0 Å². The smallest absolute Gasteiger partial charge is 0.305 e. The van der Waals surface area contributed by atoms with E-state index in [2.05, 4.69) is 6.92 Å². The van der Waals surface area contributed by atoms with Crippen LogP contribution in [0.5, 0.6) is 0 Å². The molecule has 0 bridgehead atoms. The molecule has 9 nitrogen and oxygen atoms in total. The number of alkyl halides is 1. The van der Waals surface area contributed by atoms with Crippen LogP contribution in [0.2, 0.25) is 0 Å². The van der Waals surface area contributed by atoms with Crippen molar-refractivity contribution in [1.29, 1.82) is 0 Å². The predicted molar refractivity (Wildman–Crippen MR) is 131 cm³/mol. The van der Waals surface area contributed by atoms with E-state index >= 15 is 0 Å². The molecule has 0 aromatic heterocycles. The van der Waals surface area contributed by atoms with E-state index in [1.165, 1.54) is 25.7 Å². The van der Waals surface area contributed by atoms with Crippen LogP contribution in [-0.4, -0.2) is 112 Å². The lowest BCUT2D eigenvalue weighted by atomic mass is 10.1. The van der Waals surface area contributed by atoms with Crippen LogP contribution >= 0.6 is 0 Å². The molecule has 10 heteroatoms. The Morgan fingerprint density at radius 1 is 0.486 bits per heavy atom. The van der Waals surface area contributed by atoms with Crippen LogP contribution in [-0.2, 0) is 42.7 Å². The molecule has 0 atom stereocenters. The van der Waals surface area contributed by atoms with Crippen molar-refractivity contribution in [3.63, 3.8) is 0 Å². The minimum absolute atomic E-state index is 0.115. The second kappa shape index (κ2) is 31.2. The molecule has 0 unspecified atom stereocenters. The zero-order chi connectivity index (χ0) is 25.5. The van der Waals surface area contributed by atoms with E-state index in [1.54, 1.807) is 0 Å². The minimum atomic E-state index is -0.473. The largest absolute Gasteiger partial charge is 0.463 e. The summed E-state index contributed by atoms with van der Waals surface area (Å²) in [6, 6.07) is 0. The maximum atomic E-state index is 11.8. The van der Waals surface area contributed by atoms with E-state index in [0.29, 0.717) is 92.3 Å². The molecule has 0 aliphatic carbocycles. The van der Waals surface area contributed by atoms with Gasteiger partial charge in [0.1, 0.15) is 13.3 Å². The molecule has 0 saturated heterocycles. The number of carbonyl (C=O) groups excluding carboxylic acids is 1. The lowest BCUT2D eigenvalue weighted by molar-refractivity contribution is -0.145. The van der Waals surface area contributed by atoms with Crippen LogP contribution in [0.4, 0.5) is 4.39 Å². The molecule has 0 radical (unpaired) electrons. The molecule has 0 fully saturated rings. The first-order chi connectivity index (χ1) is 17.3. The van der Waals surface area contributed by atoms with Gasteiger partial charge in [-0.15, -0.1) is 0 Å². The molecule has 0 saturated carbocycles. The van der Waals surface area contributed by atoms with Gasteiger partial charge in [0, 0.05) is 6.42 Å². The lowest BCUT2D eigenvalue weighted by Crippen LogP contribution is -2.15. The molecule has 35 heavy (non-hydrogen) atoms. The molecule has 210 valence electrons. The van der Waals surface area contributed by atoms with Gasteiger partial charge in [0.15, 0.2) is 0 Å². The first-order valence-corrected chi connectivity index (χ1v) is 13.1. The van der Waals surface area contributed by atoms with Crippen molar-refractivity contribution in [2.45, 2.75) is 51.9 Å². The number of halogens is 1. The number of ether oxygens (including phenoxy) is 8. The highest BCUT2D eigenvalue weighted by molar-refractivity contribution is 5.69. The van der Waals surface area contributed by atoms with Crippen LogP contribution in [0.3, 0.4) is 0 Å². The Labute approximate surface area is 211 Å². The van der Waals surface area contributed by atoms with E-state index < -0.39 is 6.67 Å². The fraction of sp³-hybridized carbons (Fsp3) is 0.960. The molecular weight excluding hydrogens is 463 g/mol. The van der Waals surface area contributed by atoms with Gasteiger partial charge in [0.2, 0.25) is 0 Å². The van der Waals surface area contributed by atoms with Crippen LogP contribution in [0, 0.1) is 0 Å². The Morgan fingerprint density at radius 3 is 1.23 bits per heavy atom. The number of unbranched alkanes of at least 4 members (excludes halogenated alkanes) is 5. The molecule has 0 aromatic carbocycles. The summed E-state index contributed by atoms with van der Waals surface area (Å²) in [4.78, 5) is 11.6. The maximum Gasteiger partial charge on any atom is 0.305 e. The van der Waals surface area contributed by atoms with Crippen LogP contribution in [0.1, 0.15) is 51.9 Å². The van der Waals surface area contributed by atoms with Crippen LogP contribution < -0.4 is 0 Å². The summed E-state index contributed by atoms with van der Waals surface area (Å²) < 4.78 is 54.1. The molecule has 0 heterocycles. The molecule has 0 amide bonds. The Balaban J connectivity index is 3.09. The minimum Gasteiger partial charge on any atom is -0.463 e. The van der Waals surface area contributed by atoms with Gasteiger partial charge in [-0.2, -0.15) is 0 Å². The third kappa shape index (κ3) is 31.1. The average molecular weight is 513 g/mol. The zero-order valence-corrected chi connectivity index (χ0v) is 21.8. The van der Waals surface area contributed by atoms with Gasteiger partial charge < -0.3 is 37.9 Å². The predicted octanol–water partition coefficient (Wildman–Crippen LogP) is 3.37. The first-order valence-electron chi connectivity index (χ1n) is 13.1. The quantitative estimate of drug-likeness (QED) is 0.106. The number of rotatable bonds is 30. The summed E-state index contributed by atoms with van der Waals surface area (Å²) in [7, 11) is 0. The number of carbonyl (C=O) groups is 1. The Hall–Kier alpha value is -0.880. The van der Waals surface area contributed by atoms with Crippen LogP contribution in [0.25, 0.3) is 0 Å². The Kier molecular flexibility index (Phi) is 30.4. The molecular formula is C25H49FO9. The average Bonchev–Trinajstić information content (AvgIpc) is 2.86. The van der Waals surface area contributed by atoms with Crippen molar-refractivity contribution in [1.82, 2.24) is 0 Å². The normalized spacial score (nSPS) is 11.3. The monoisotopic (exact) mass is 512 g/mol. The van der Waals surface area contributed by atoms with Gasteiger partial charge >= 0.3 is 5.97 Å². The van der Waals surface area contributed by atoms with E-state index in [9.17, 15) is 9.18 Å². The SMILES string of the molecule is CCCCCCCCC(=O)OCCOCCOCCOCCOCCOCCOCCOCCF. The van der Waals surface area contributed by atoms with Gasteiger partial charge in [-0.3, -0.25) is 4.79 Å². The van der Waals surface area contributed by atoms with Crippen molar-refractivity contribution in [2.75, 3.05) is 106 Å². The number of hydrogen-bond acceptors (Lipinski definition) is 9. The highest BCUT2D eigenvalue weighted by Crippen LogP contribution is 2.07. The fourth-order valence-electron chi connectivity index (χ4n) is 2.81. The van der Waals surface area contributed by atoms with Crippen molar-refractivity contribution >= 4 is 5.97 Å². The van der Waals surface area contributed by atoms with E-state index in [4.69, 9.17) is 37.9 Å². The zero-order valence-electron chi connectivity index (χ0n) is 21.8. The number of hydrogen-bond donors (Lipinski definition) is 0. The van der Waals surface area contributed by atoms with Crippen molar-refractivity contribution in [2.24, 2.45) is 0 Å². The topological polar surface area (TPSA) is 90.9 Å². The Bertz CT molecular complexity index is 416. The second-order valence-electron chi connectivity index (χ2n) is 7.71. The highest BCUT2D eigenvalue weighted by atomic mass is 19.1. The van der Waals surface area contributed by atoms with Crippen molar-refractivity contribution < 1.29 is 47.1 Å². The summed E-state index contributed by atoms with van der Waals surface area (Å²) >= 11 is 0. The summed E-state index contributed by atoms with van der Waals surface area (Å²) in [6.45, 7) is 8.14. The molecule has 0 spiro atoms. The molecule has 0 aromatic rings. The third-order valence-corrected chi connectivity index (χ3v) is 4.68. The molecule has 0 N–H and O–H groups in total. The van der Waals surface area contributed by atoms with Gasteiger partial charge in [-0.05, 0) is 6.42 Å². The molecule has 0 aliphatic heterocycles. The van der Waals surface area contributed by atoms with E-state index in [0.717, 1.165) is 12.8 Å².